The van der Waals surface area contributed by atoms with Crippen molar-refractivity contribution in [3.63, 3.8) is 0 Å². The summed E-state index contributed by atoms with van der Waals surface area (Å²) in [6.07, 6.45) is 10.7. The van der Waals surface area contributed by atoms with E-state index in [0.717, 1.165) is 24.8 Å². The summed E-state index contributed by atoms with van der Waals surface area (Å²) < 4.78 is 0. The average molecular weight is 192 g/mol. The van der Waals surface area contributed by atoms with Crippen LogP contribution in [0.1, 0.15) is 51.9 Å². The first kappa shape index (κ1) is 10.3. The van der Waals surface area contributed by atoms with Crippen LogP contribution in [0, 0.1) is 0 Å². The third-order valence-electron chi connectivity index (χ3n) is 4.34. The molecule has 0 N–H and O–H groups in total. The SMILES string of the molecule is CC(=O)CCB1C2CCCC1CCC2. The normalized spacial score (nSPS) is 31.6. The van der Waals surface area contributed by atoms with E-state index >= 15 is 0 Å². The molecule has 2 bridgehead atoms. The van der Waals surface area contributed by atoms with E-state index in [4.69, 9.17) is 0 Å². The van der Waals surface area contributed by atoms with Gasteiger partial charge in [0.25, 0.3) is 0 Å². The lowest BCUT2D eigenvalue weighted by Crippen LogP contribution is -2.34. The van der Waals surface area contributed by atoms with Crippen LogP contribution in [-0.2, 0) is 4.79 Å². The van der Waals surface area contributed by atoms with Crippen molar-refractivity contribution in [2.45, 2.75) is 69.8 Å². The summed E-state index contributed by atoms with van der Waals surface area (Å²) in [4.78, 5) is 11.0. The van der Waals surface area contributed by atoms with E-state index in [0.29, 0.717) is 5.78 Å². The minimum atomic E-state index is 0.383. The van der Waals surface area contributed by atoms with Crippen LogP contribution in [0.5, 0.6) is 0 Å². The Labute approximate surface area is 87.7 Å². The molecule has 2 aliphatic rings. The topological polar surface area (TPSA) is 17.1 Å². The zero-order valence-electron chi connectivity index (χ0n) is 9.30. The summed E-state index contributed by atoms with van der Waals surface area (Å²) in [6.45, 7) is 2.64. The molecule has 2 saturated heterocycles. The number of rotatable bonds is 3. The van der Waals surface area contributed by atoms with Crippen LogP contribution in [0.3, 0.4) is 0 Å². The van der Waals surface area contributed by atoms with Crippen LogP contribution in [0.2, 0.25) is 18.0 Å². The summed E-state index contributed by atoms with van der Waals surface area (Å²) >= 11 is 0. The fourth-order valence-electron chi connectivity index (χ4n) is 3.66. The van der Waals surface area contributed by atoms with Gasteiger partial charge in [-0.15, -0.1) is 0 Å². The lowest BCUT2D eigenvalue weighted by molar-refractivity contribution is -0.116. The predicted octanol–water partition coefficient (Wildman–Crippen LogP) is 3.57. The van der Waals surface area contributed by atoms with E-state index in [9.17, 15) is 4.79 Å². The van der Waals surface area contributed by atoms with Gasteiger partial charge in [-0.05, 0) is 13.3 Å². The van der Waals surface area contributed by atoms with Crippen LogP contribution in [-0.4, -0.2) is 12.5 Å². The van der Waals surface area contributed by atoms with E-state index in [1.807, 2.05) is 0 Å². The molecular weight excluding hydrogens is 171 g/mol. The highest BCUT2D eigenvalue weighted by Gasteiger charge is 2.38. The summed E-state index contributed by atoms with van der Waals surface area (Å²) in [5.74, 6) is 2.33. The molecule has 2 rings (SSSR count). The molecule has 14 heavy (non-hydrogen) atoms. The fourth-order valence-corrected chi connectivity index (χ4v) is 3.66. The van der Waals surface area contributed by atoms with Gasteiger partial charge in [-0.25, -0.2) is 0 Å². The lowest BCUT2D eigenvalue weighted by atomic mass is 9.26. The molecule has 0 aromatic carbocycles. The molecule has 0 aliphatic carbocycles. The van der Waals surface area contributed by atoms with E-state index in [1.54, 1.807) is 6.92 Å². The molecule has 78 valence electrons. The molecular formula is C12H21BO. The Morgan fingerprint density at radius 2 is 1.64 bits per heavy atom. The summed E-state index contributed by atoms with van der Waals surface area (Å²) in [5, 5.41) is 0. The van der Waals surface area contributed by atoms with Crippen LogP contribution < -0.4 is 0 Å². The fraction of sp³-hybridized carbons (Fsp3) is 0.917. The van der Waals surface area contributed by atoms with Gasteiger partial charge >= 0.3 is 0 Å². The van der Waals surface area contributed by atoms with Gasteiger partial charge in [0, 0.05) is 0 Å². The lowest BCUT2D eigenvalue weighted by Gasteiger charge is -2.40. The van der Waals surface area contributed by atoms with Gasteiger partial charge in [0.05, 0.1) is 0 Å². The molecule has 0 spiro atoms. The van der Waals surface area contributed by atoms with Gasteiger partial charge < -0.3 is 4.79 Å². The van der Waals surface area contributed by atoms with Crippen LogP contribution >= 0.6 is 0 Å². The number of fused-ring (bicyclic) bond motifs is 2. The highest BCUT2D eigenvalue weighted by atomic mass is 16.1. The number of hydrogen-bond donors (Lipinski definition) is 0. The van der Waals surface area contributed by atoms with Crippen molar-refractivity contribution in [3.05, 3.63) is 0 Å². The van der Waals surface area contributed by atoms with Gasteiger partial charge in [-0.3, -0.25) is 0 Å². The Bertz CT molecular complexity index is 192. The van der Waals surface area contributed by atoms with Crippen LogP contribution in [0.4, 0.5) is 0 Å². The smallest absolute Gasteiger partial charge is 0.146 e. The minimum absolute atomic E-state index is 0.383. The van der Waals surface area contributed by atoms with Crippen molar-refractivity contribution >= 4 is 12.5 Å². The third-order valence-corrected chi connectivity index (χ3v) is 4.34. The standard InChI is InChI=1S/C12H21BO/c1-10(14)8-9-13-11-4-2-5-12(13)7-3-6-11/h11-12H,2-9H2,1H3. The molecule has 0 radical (unpaired) electrons. The number of hydrogen-bond acceptors (Lipinski definition) is 1. The Balaban J connectivity index is 1.91. The predicted molar refractivity (Wildman–Crippen MR) is 61.1 cm³/mol. The average Bonchev–Trinajstić information content (AvgIpc) is 2.13. The summed E-state index contributed by atoms with van der Waals surface area (Å²) in [6, 6.07) is 0. The quantitative estimate of drug-likeness (QED) is 0.624. The molecule has 0 amide bonds. The molecule has 0 aromatic heterocycles. The van der Waals surface area contributed by atoms with Crippen molar-refractivity contribution in [2.24, 2.45) is 0 Å². The zero-order chi connectivity index (χ0) is 9.97. The van der Waals surface area contributed by atoms with E-state index in [1.165, 1.54) is 44.8 Å². The van der Waals surface area contributed by atoms with Gasteiger partial charge in [-0.2, -0.15) is 0 Å². The van der Waals surface area contributed by atoms with Crippen molar-refractivity contribution < 1.29 is 4.79 Å². The molecule has 0 aromatic rings. The van der Waals surface area contributed by atoms with E-state index < -0.39 is 0 Å². The molecule has 2 aliphatic heterocycles. The molecule has 0 unspecified atom stereocenters. The van der Waals surface area contributed by atoms with E-state index in [2.05, 4.69) is 0 Å². The maximum atomic E-state index is 11.0. The molecule has 2 heterocycles. The van der Waals surface area contributed by atoms with Crippen molar-refractivity contribution in [1.29, 1.82) is 0 Å². The highest BCUT2D eigenvalue weighted by Crippen LogP contribution is 2.47. The molecule has 2 heteroatoms. The minimum Gasteiger partial charge on any atom is -0.300 e. The van der Waals surface area contributed by atoms with Gasteiger partial charge in [0.2, 0.25) is 0 Å². The number of Topliss-reactive ketones (excluding diaryl/α,β-unsaturated/α-hetero) is 1. The first-order valence-electron chi connectivity index (χ1n) is 6.27. The molecule has 1 nitrogen and oxygen atoms in total. The highest BCUT2D eigenvalue weighted by molar-refractivity contribution is 6.62. The van der Waals surface area contributed by atoms with Crippen molar-refractivity contribution in [1.82, 2.24) is 0 Å². The summed E-state index contributed by atoms with van der Waals surface area (Å²) in [5.41, 5.74) is 0. The number of carbonyl (C=O) groups excluding carboxylic acids is 1. The van der Waals surface area contributed by atoms with Crippen molar-refractivity contribution in [3.8, 4) is 0 Å². The van der Waals surface area contributed by atoms with Crippen LogP contribution in [0.25, 0.3) is 0 Å². The third kappa shape index (κ3) is 2.21. The monoisotopic (exact) mass is 192 g/mol. The molecule has 0 saturated carbocycles. The Kier molecular flexibility index (Phi) is 3.30. The first-order valence-corrected chi connectivity index (χ1v) is 6.27. The van der Waals surface area contributed by atoms with Gasteiger partial charge in [-0.1, -0.05) is 56.5 Å². The Morgan fingerprint density at radius 1 is 1.14 bits per heavy atom. The second-order valence-electron chi connectivity index (χ2n) is 5.29. The molecule has 2 fully saturated rings. The Morgan fingerprint density at radius 3 is 2.07 bits per heavy atom. The maximum absolute atomic E-state index is 11.0. The van der Waals surface area contributed by atoms with Gasteiger partial charge in [0.1, 0.15) is 12.5 Å². The van der Waals surface area contributed by atoms with Crippen molar-refractivity contribution in [2.75, 3.05) is 0 Å². The number of ketones is 1. The maximum Gasteiger partial charge on any atom is 0.146 e. The van der Waals surface area contributed by atoms with Gasteiger partial charge in [0.15, 0.2) is 0 Å². The Hall–Kier alpha value is -0.265. The largest absolute Gasteiger partial charge is 0.300 e. The van der Waals surface area contributed by atoms with Crippen LogP contribution in [0.15, 0.2) is 0 Å². The summed E-state index contributed by atoms with van der Waals surface area (Å²) in [7, 11) is 0. The first-order chi connectivity index (χ1) is 6.77. The second-order valence-corrected chi connectivity index (χ2v) is 5.29. The molecule has 0 atom stereocenters. The van der Waals surface area contributed by atoms with E-state index in [-0.39, 0.29) is 0 Å². The number of carbonyl (C=O) groups is 1. The second kappa shape index (κ2) is 4.50. The zero-order valence-corrected chi connectivity index (χ0v) is 9.30.